The summed E-state index contributed by atoms with van der Waals surface area (Å²) in [5, 5.41) is 15.8. The van der Waals surface area contributed by atoms with Gasteiger partial charge in [0, 0.05) is 18.0 Å². The van der Waals surface area contributed by atoms with Crippen LogP contribution in [0.25, 0.3) is 0 Å². The Labute approximate surface area is 128 Å². The normalized spacial score (nSPS) is 12.1. The van der Waals surface area contributed by atoms with Gasteiger partial charge in [0.2, 0.25) is 0 Å². The van der Waals surface area contributed by atoms with Crippen molar-refractivity contribution >= 4 is 11.9 Å². The van der Waals surface area contributed by atoms with Gasteiger partial charge in [-0.25, -0.2) is 4.79 Å². The van der Waals surface area contributed by atoms with Gasteiger partial charge in [0.25, 0.3) is 5.91 Å². The summed E-state index contributed by atoms with van der Waals surface area (Å²) >= 11 is 0. The number of aliphatic carboxylic acids is 1. The van der Waals surface area contributed by atoms with Gasteiger partial charge in [-0.2, -0.15) is 5.10 Å². The molecule has 0 unspecified atom stereocenters. The van der Waals surface area contributed by atoms with Gasteiger partial charge >= 0.3 is 5.97 Å². The molecule has 0 aliphatic heterocycles. The molecule has 1 aromatic heterocycles. The Balaban J connectivity index is 2.11. The molecule has 2 aromatic rings. The maximum absolute atomic E-state index is 12.2. The van der Waals surface area contributed by atoms with E-state index < -0.39 is 12.0 Å². The molecule has 0 saturated heterocycles. The summed E-state index contributed by atoms with van der Waals surface area (Å²) in [7, 11) is 0. The van der Waals surface area contributed by atoms with Crippen molar-refractivity contribution in [3.63, 3.8) is 0 Å². The van der Waals surface area contributed by atoms with Gasteiger partial charge in [-0.1, -0.05) is 26.0 Å². The van der Waals surface area contributed by atoms with Gasteiger partial charge in [0.05, 0.1) is 6.54 Å². The highest BCUT2D eigenvalue weighted by molar-refractivity contribution is 5.96. The van der Waals surface area contributed by atoms with E-state index in [0.29, 0.717) is 12.1 Å². The number of amides is 1. The highest BCUT2D eigenvalue weighted by Crippen LogP contribution is 2.09. The largest absolute Gasteiger partial charge is 0.480 e. The lowest BCUT2D eigenvalue weighted by molar-refractivity contribution is -0.140. The van der Waals surface area contributed by atoms with Crippen LogP contribution in [0.1, 0.15) is 29.8 Å². The molecule has 0 spiro atoms. The van der Waals surface area contributed by atoms with Gasteiger partial charge in [-0.3, -0.25) is 9.48 Å². The summed E-state index contributed by atoms with van der Waals surface area (Å²) in [6.45, 7) is 4.07. The number of rotatable bonds is 6. The lowest BCUT2D eigenvalue weighted by Gasteiger charge is -2.18. The van der Waals surface area contributed by atoms with Crippen molar-refractivity contribution in [1.29, 1.82) is 0 Å². The van der Waals surface area contributed by atoms with Gasteiger partial charge in [0.1, 0.15) is 6.04 Å². The zero-order valence-electron chi connectivity index (χ0n) is 12.6. The molecule has 22 heavy (non-hydrogen) atoms. The van der Waals surface area contributed by atoms with E-state index in [1.54, 1.807) is 42.9 Å². The average Bonchev–Trinajstić information content (AvgIpc) is 2.97. The van der Waals surface area contributed by atoms with E-state index in [-0.39, 0.29) is 11.8 Å². The zero-order valence-corrected chi connectivity index (χ0v) is 12.6. The van der Waals surface area contributed by atoms with Crippen molar-refractivity contribution in [3.8, 4) is 0 Å². The van der Waals surface area contributed by atoms with Crippen molar-refractivity contribution < 1.29 is 14.7 Å². The molecule has 116 valence electrons. The SMILES string of the molecule is CC(C)[C@H](NC(=O)c1cccc(Cn2cccn2)c1)C(=O)O. The number of carbonyl (C=O) groups excluding carboxylic acids is 1. The summed E-state index contributed by atoms with van der Waals surface area (Å²) in [5.41, 5.74) is 1.37. The number of carboxylic acid groups (broad SMARTS) is 1. The summed E-state index contributed by atoms with van der Waals surface area (Å²) in [4.78, 5) is 23.4. The maximum atomic E-state index is 12.2. The van der Waals surface area contributed by atoms with Crippen molar-refractivity contribution in [3.05, 3.63) is 53.9 Å². The van der Waals surface area contributed by atoms with Crippen molar-refractivity contribution in [1.82, 2.24) is 15.1 Å². The minimum absolute atomic E-state index is 0.186. The number of carboxylic acids is 1. The molecular formula is C16H19N3O3. The number of aromatic nitrogens is 2. The van der Waals surface area contributed by atoms with Gasteiger partial charge in [-0.05, 0) is 29.7 Å². The second-order valence-corrected chi connectivity index (χ2v) is 5.44. The van der Waals surface area contributed by atoms with Crippen LogP contribution in [0.5, 0.6) is 0 Å². The third kappa shape index (κ3) is 3.94. The zero-order chi connectivity index (χ0) is 16.1. The minimum atomic E-state index is -1.03. The number of nitrogens with zero attached hydrogens (tertiary/aromatic N) is 2. The molecular weight excluding hydrogens is 282 g/mol. The number of hydrogen-bond acceptors (Lipinski definition) is 3. The summed E-state index contributed by atoms with van der Waals surface area (Å²) < 4.78 is 1.76. The smallest absolute Gasteiger partial charge is 0.326 e. The molecule has 1 aromatic carbocycles. The third-order valence-electron chi connectivity index (χ3n) is 3.31. The van der Waals surface area contributed by atoms with Gasteiger partial charge < -0.3 is 10.4 Å². The molecule has 0 aliphatic rings. The molecule has 0 fully saturated rings. The van der Waals surface area contributed by atoms with Crippen molar-refractivity contribution in [2.75, 3.05) is 0 Å². The molecule has 1 amide bonds. The van der Waals surface area contributed by atoms with Crippen LogP contribution < -0.4 is 5.32 Å². The fraction of sp³-hybridized carbons (Fsp3) is 0.312. The van der Waals surface area contributed by atoms with Crippen LogP contribution in [0, 0.1) is 5.92 Å². The van der Waals surface area contributed by atoms with Crippen LogP contribution in [0.3, 0.4) is 0 Å². The van der Waals surface area contributed by atoms with E-state index >= 15 is 0 Å². The predicted octanol–water partition coefficient (Wildman–Crippen LogP) is 1.77. The predicted molar refractivity (Wildman–Crippen MR) is 81.5 cm³/mol. The fourth-order valence-electron chi connectivity index (χ4n) is 2.13. The van der Waals surface area contributed by atoms with Gasteiger partial charge in [-0.15, -0.1) is 0 Å². The lowest BCUT2D eigenvalue weighted by atomic mass is 10.0. The molecule has 0 bridgehead atoms. The summed E-state index contributed by atoms with van der Waals surface area (Å²) in [6.07, 6.45) is 3.53. The highest BCUT2D eigenvalue weighted by Gasteiger charge is 2.23. The molecule has 2 N–H and O–H groups in total. The number of hydrogen-bond donors (Lipinski definition) is 2. The molecule has 0 radical (unpaired) electrons. The van der Waals surface area contributed by atoms with Crippen LogP contribution in [0.15, 0.2) is 42.7 Å². The Kier molecular flexibility index (Phi) is 4.93. The van der Waals surface area contributed by atoms with Crippen LogP contribution in [0.2, 0.25) is 0 Å². The standard InChI is InChI=1S/C16H19N3O3/c1-11(2)14(16(21)22)18-15(20)13-6-3-5-12(9-13)10-19-8-4-7-17-19/h3-9,11,14H,10H2,1-2H3,(H,18,20)(H,21,22)/t14-/m0/s1. The number of benzene rings is 1. The first kappa shape index (κ1) is 15.8. The Morgan fingerprint density at radius 1 is 1.32 bits per heavy atom. The number of nitrogens with one attached hydrogen (secondary N) is 1. The Morgan fingerprint density at radius 2 is 2.09 bits per heavy atom. The maximum Gasteiger partial charge on any atom is 0.326 e. The first-order valence-electron chi connectivity index (χ1n) is 7.07. The van der Waals surface area contributed by atoms with E-state index in [0.717, 1.165) is 5.56 Å². The Morgan fingerprint density at radius 3 is 2.68 bits per heavy atom. The Hall–Kier alpha value is -2.63. The first-order chi connectivity index (χ1) is 10.5. The molecule has 6 heteroatoms. The van der Waals surface area contributed by atoms with Crippen LogP contribution in [-0.4, -0.2) is 32.8 Å². The van der Waals surface area contributed by atoms with Gasteiger partial charge in [0.15, 0.2) is 0 Å². The lowest BCUT2D eigenvalue weighted by Crippen LogP contribution is -2.44. The van der Waals surface area contributed by atoms with Crippen LogP contribution >= 0.6 is 0 Å². The second kappa shape index (κ2) is 6.89. The third-order valence-corrected chi connectivity index (χ3v) is 3.31. The van der Waals surface area contributed by atoms with E-state index in [1.165, 1.54) is 0 Å². The van der Waals surface area contributed by atoms with E-state index in [2.05, 4.69) is 10.4 Å². The van der Waals surface area contributed by atoms with E-state index in [9.17, 15) is 9.59 Å². The fourth-order valence-corrected chi connectivity index (χ4v) is 2.13. The van der Waals surface area contributed by atoms with E-state index in [4.69, 9.17) is 5.11 Å². The topological polar surface area (TPSA) is 84.2 Å². The molecule has 1 heterocycles. The minimum Gasteiger partial charge on any atom is -0.480 e. The van der Waals surface area contributed by atoms with Crippen LogP contribution in [-0.2, 0) is 11.3 Å². The molecule has 6 nitrogen and oxygen atoms in total. The first-order valence-corrected chi connectivity index (χ1v) is 7.07. The second-order valence-electron chi connectivity index (χ2n) is 5.44. The van der Waals surface area contributed by atoms with Crippen molar-refractivity contribution in [2.45, 2.75) is 26.4 Å². The monoisotopic (exact) mass is 301 g/mol. The van der Waals surface area contributed by atoms with Crippen molar-refractivity contribution in [2.24, 2.45) is 5.92 Å². The Bertz CT molecular complexity index is 650. The van der Waals surface area contributed by atoms with Crippen LogP contribution in [0.4, 0.5) is 0 Å². The average molecular weight is 301 g/mol. The molecule has 1 atom stereocenters. The number of carbonyl (C=O) groups is 2. The molecule has 2 rings (SSSR count). The summed E-state index contributed by atoms with van der Waals surface area (Å²) in [6, 6.07) is 8.02. The van der Waals surface area contributed by atoms with E-state index in [1.807, 2.05) is 18.3 Å². The quantitative estimate of drug-likeness (QED) is 0.851. The molecule has 0 saturated carbocycles. The molecule has 0 aliphatic carbocycles. The summed E-state index contributed by atoms with van der Waals surface area (Å²) in [5.74, 6) is -1.60. The highest BCUT2D eigenvalue weighted by atomic mass is 16.4.